The number of carbonyl (C=O) groups is 1. The molecule has 1 amide bonds. The lowest BCUT2D eigenvalue weighted by Crippen LogP contribution is -2.44. The number of benzene rings is 2. The molecule has 2 aromatic rings. The van der Waals surface area contributed by atoms with Crippen LogP contribution in [0.2, 0.25) is 5.02 Å². The molecule has 2 aliphatic heterocycles. The van der Waals surface area contributed by atoms with Crippen LogP contribution in [0.15, 0.2) is 36.4 Å². The summed E-state index contributed by atoms with van der Waals surface area (Å²) in [5.41, 5.74) is 3.34. The Kier molecular flexibility index (Phi) is 8.98. The van der Waals surface area contributed by atoms with Gasteiger partial charge in [0.05, 0.1) is 17.0 Å². The van der Waals surface area contributed by atoms with Gasteiger partial charge in [0.25, 0.3) is 5.91 Å². The van der Waals surface area contributed by atoms with E-state index in [1.165, 1.54) is 5.56 Å². The predicted molar refractivity (Wildman–Crippen MR) is 158 cm³/mol. The summed E-state index contributed by atoms with van der Waals surface area (Å²) in [5.74, 6) is 0.790. The number of amides is 1. The van der Waals surface area contributed by atoms with Gasteiger partial charge in [-0.05, 0) is 118 Å². The maximum atomic E-state index is 13.2. The van der Waals surface area contributed by atoms with Crippen molar-refractivity contribution in [2.75, 3.05) is 18.0 Å². The first-order chi connectivity index (χ1) is 19.1. The fourth-order valence-corrected chi connectivity index (χ4v) is 7.58. The smallest absolute Gasteiger partial charge is 0.264 e. The largest absolute Gasteiger partial charge is 0.487 e. The zero-order valence-corrected chi connectivity index (χ0v) is 25.0. The number of carbonyl (C=O) groups excluding carboxylic acids is 1. The first-order valence-electron chi connectivity index (χ1n) is 14.6. The second-order valence-electron chi connectivity index (χ2n) is 12.1. The number of aryl methyl sites for hydroxylation is 1. The van der Waals surface area contributed by atoms with Crippen LogP contribution in [0.4, 0.5) is 5.69 Å². The van der Waals surface area contributed by atoms with Gasteiger partial charge in [0, 0.05) is 23.7 Å². The molecule has 5 rings (SSSR count). The van der Waals surface area contributed by atoms with Crippen LogP contribution in [-0.4, -0.2) is 43.9 Å². The summed E-state index contributed by atoms with van der Waals surface area (Å²) in [6.45, 7) is 5.60. The number of hydrogen-bond donors (Lipinski definition) is 2. The Morgan fingerprint density at radius 1 is 1.02 bits per heavy atom. The maximum absolute atomic E-state index is 13.2. The van der Waals surface area contributed by atoms with Gasteiger partial charge in [0.2, 0.25) is 10.0 Å². The summed E-state index contributed by atoms with van der Waals surface area (Å²) in [4.78, 5) is 15.5. The van der Waals surface area contributed by atoms with Crippen LogP contribution in [0.25, 0.3) is 0 Å². The van der Waals surface area contributed by atoms with Crippen molar-refractivity contribution in [1.82, 2.24) is 4.72 Å². The van der Waals surface area contributed by atoms with E-state index in [4.69, 9.17) is 16.3 Å². The van der Waals surface area contributed by atoms with Crippen LogP contribution in [0.5, 0.6) is 5.75 Å². The highest BCUT2D eigenvalue weighted by molar-refractivity contribution is 7.90. The van der Waals surface area contributed by atoms with E-state index >= 15 is 0 Å². The number of hydrogen-bond acceptors (Lipinski definition) is 6. The van der Waals surface area contributed by atoms with Crippen LogP contribution in [0.3, 0.4) is 0 Å². The molecule has 1 fully saturated rings. The van der Waals surface area contributed by atoms with Crippen LogP contribution < -0.4 is 14.4 Å². The number of fused-ring (bicyclic) bond motifs is 3. The Morgan fingerprint density at radius 3 is 2.62 bits per heavy atom. The minimum atomic E-state index is -3.85. The number of aliphatic hydroxyl groups is 1. The lowest BCUT2D eigenvalue weighted by molar-refractivity contribution is 0.00157. The quantitative estimate of drug-likeness (QED) is 0.409. The second kappa shape index (κ2) is 12.3. The highest BCUT2D eigenvalue weighted by Crippen LogP contribution is 2.42. The Hall–Kier alpha value is -2.29. The Bertz CT molecular complexity index is 1330. The fraction of sp³-hybridized carbons (Fsp3) is 0.581. The molecule has 9 heteroatoms. The summed E-state index contributed by atoms with van der Waals surface area (Å²) >= 11 is 6.30. The van der Waals surface area contributed by atoms with Gasteiger partial charge in [0.15, 0.2) is 0 Å². The number of nitrogens with one attached hydrogen (secondary N) is 1. The number of halogens is 1. The van der Waals surface area contributed by atoms with Crippen LogP contribution in [0.1, 0.15) is 80.3 Å². The lowest BCUT2D eigenvalue weighted by Gasteiger charge is -2.44. The molecule has 2 N–H and O–H groups in total. The zero-order chi connectivity index (χ0) is 28.4. The van der Waals surface area contributed by atoms with Crippen molar-refractivity contribution < 1.29 is 23.1 Å². The topological polar surface area (TPSA) is 95.9 Å². The average Bonchev–Trinajstić information content (AvgIpc) is 2.92. The minimum Gasteiger partial charge on any atom is -0.487 e. The molecule has 0 saturated heterocycles. The maximum Gasteiger partial charge on any atom is 0.264 e. The number of sulfonamides is 1. The molecule has 7 nitrogen and oxygen atoms in total. The van der Waals surface area contributed by atoms with E-state index in [1.807, 2.05) is 18.2 Å². The predicted octanol–water partition coefficient (Wildman–Crippen LogP) is 5.72. The van der Waals surface area contributed by atoms with Gasteiger partial charge in [-0.25, -0.2) is 13.1 Å². The van der Waals surface area contributed by atoms with Crippen LogP contribution >= 0.6 is 11.6 Å². The molecule has 0 aromatic heterocycles. The normalized spacial score (nSPS) is 29.4. The van der Waals surface area contributed by atoms with Gasteiger partial charge < -0.3 is 14.7 Å². The lowest BCUT2D eigenvalue weighted by atomic mass is 9.68. The summed E-state index contributed by atoms with van der Waals surface area (Å²) in [5, 5.41) is 11.2. The third-order valence-corrected chi connectivity index (χ3v) is 11.1. The fourth-order valence-electron chi connectivity index (χ4n) is 6.36. The molecule has 3 aliphatic rings. The molecule has 0 spiro atoms. The molecule has 2 bridgehead atoms. The van der Waals surface area contributed by atoms with Crippen molar-refractivity contribution in [3.63, 3.8) is 0 Å². The highest BCUT2D eigenvalue weighted by atomic mass is 35.5. The first kappa shape index (κ1) is 29.2. The van der Waals surface area contributed by atoms with E-state index in [-0.39, 0.29) is 17.4 Å². The molecule has 1 aliphatic carbocycles. The second-order valence-corrected chi connectivity index (χ2v) is 14.6. The molecular weight excluding hydrogens is 548 g/mol. The monoisotopic (exact) mass is 588 g/mol. The van der Waals surface area contributed by atoms with Crippen LogP contribution in [-0.2, 0) is 23.1 Å². The molecule has 40 heavy (non-hydrogen) atoms. The van der Waals surface area contributed by atoms with Gasteiger partial charge in [-0.3, -0.25) is 4.79 Å². The van der Waals surface area contributed by atoms with Crippen molar-refractivity contribution in [2.45, 2.75) is 83.2 Å². The zero-order valence-electron chi connectivity index (χ0n) is 23.4. The van der Waals surface area contributed by atoms with E-state index in [0.29, 0.717) is 42.6 Å². The molecule has 218 valence electrons. The van der Waals surface area contributed by atoms with E-state index in [1.54, 1.807) is 25.1 Å². The minimum absolute atomic E-state index is 0.193. The van der Waals surface area contributed by atoms with Crippen molar-refractivity contribution >= 4 is 33.2 Å². The van der Waals surface area contributed by atoms with Crippen molar-refractivity contribution in [3.05, 3.63) is 58.1 Å². The van der Waals surface area contributed by atoms with Gasteiger partial charge in [-0.15, -0.1) is 0 Å². The summed E-state index contributed by atoms with van der Waals surface area (Å²) in [6.07, 6.45) is 6.23. The Labute approximate surface area is 243 Å². The van der Waals surface area contributed by atoms with Gasteiger partial charge in [-0.2, -0.15) is 0 Å². The van der Waals surface area contributed by atoms with Crippen LogP contribution in [0, 0.1) is 17.8 Å². The molecule has 1 saturated carbocycles. The molecule has 2 heterocycles. The SMILES string of the molecule is C[C@@H]1CC[C@@H](C)S(=O)(=O)NC(=O)c2ccc3c(c2)N(CCCCc2cc(Cl)ccc2CO3)C[C@@H]2CC[C@H]2[C@@H](O)C1. The first-order valence-corrected chi connectivity index (χ1v) is 16.6. The number of rotatable bonds is 0. The van der Waals surface area contributed by atoms with E-state index in [2.05, 4.69) is 16.5 Å². The summed E-state index contributed by atoms with van der Waals surface area (Å²) in [7, 11) is -3.85. The van der Waals surface area contributed by atoms with E-state index in [9.17, 15) is 18.3 Å². The van der Waals surface area contributed by atoms with Crippen molar-refractivity contribution in [1.29, 1.82) is 0 Å². The standard InChI is InChI=1S/C31H41ClN2O5S/c1-20-6-7-21(2)40(37,38)33-31(36)23-10-13-30-28(17-23)34(18-24-9-12-27(24)29(35)15-20)14-4-3-5-22-16-26(32)11-8-25(22)19-39-30/h8,10-11,13,16-17,20-21,24,27,29,35H,3-7,9,12,14-15,18-19H2,1-2H3,(H,33,36)/t20-,21-,24+,27-,29+/m1/s1. The van der Waals surface area contributed by atoms with Crippen molar-refractivity contribution in [2.24, 2.45) is 17.8 Å². The van der Waals surface area contributed by atoms with Gasteiger partial charge in [0.1, 0.15) is 12.4 Å². The van der Waals surface area contributed by atoms with Crippen molar-refractivity contribution in [3.8, 4) is 5.75 Å². The number of anilines is 1. The Morgan fingerprint density at radius 2 is 1.85 bits per heavy atom. The average molecular weight is 589 g/mol. The number of nitrogens with zero attached hydrogens (tertiary/aromatic N) is 1. The molecule has 0 radical (unpaired) electrons. The van der Waals surface area contributed by atoms with E-state index < -0.39 is 27.3 Å². The van der Waals surface area contributed by atoms with Gasteiger partial charge in [-0.1, -0.05) is 24.6 Å². The van der Waals surface area contributed by atoms with Gasteiger partial charge >= 0.3 is 0 Å². The molecule has 2 aromatic carbocycles. The third-order valence-electron chi connectivity index (χ3n) is 9.14. The summed E-state index contributed by atoms with van der Waals surface area (Å²) in [6, 6.07) is 11.1. The molecular formula is C31H41ClN2O5S. The summed E-state index contributed by atoms with van der Waals surface area (Å²) < 4.78 is 34.7. The third kappa shape index (κ3) is 6.60. The Balaban J connectivity index is 1.52. The molecule has 0 unspecified atom stereocenters. The number of aliphatic hydroxyl groups excluding tert-OH is 1. The number of ether oxygens (including phenoxy) is 1. The highest BCUT2D eigenvalue weighted by Gasteiger charge is 2.38. The molecule has 5 atom stereocenters. The van der Waals surface area contributed by atoms with E-state index in [0.717, 1.165) is 56.4 Å².